The van der Waals surface area contributed by atoms with Crippen LogP contribution in [0.1, 0.15) is 24.1 Å². The van der Waals surface area contributed by atoms with Crippen molar-refractivity contribution in [2.45, 2.75) is 25.0 Å². The van der Waals surface area contributed by atoms with E-state index >= 15 is 0 Å². The normalized spacial score (nSPS) is 12.0. The maximum Gasteiger partial charge on any atom is 0.230 e. The molecule has 2 aromatic carbocycles. The highest BCUT2D eigenvalue weighted by Crippen LogP contribution is 2.21. The van der Waals surface area contributed by atoms with Crippen LogP contribution in [-0.2, 0) is 4.79 Å². The highest BCUT2D eigenvalue weighted by atomic mass is 35.5. The Morgan fingerprint density at radius 1 is 1.27 bits per heavy atom. The van der Waals surface area contributed by atoms with Crippen LogP contribution in [0.25, 0.3) is 5.69 Å². The van der Waals surface area contributed by atoms with Crippen LogP contribution in [0.3, 0.4) is 0 Å². The lowest BCUT2D eigenvalue weighted by atomic mass is 10.1. The lowest BCUT2D eigenvalue weighted by Gasteiger charge is -2.14. The van der Waals surface area contributed by atoms with Crippen molar-refractivity contribution in [1.29, 1.82) is 0 Å². The van der Waals surface area contributed by atoms with E-state index in [0.29, 0.717) is 10.2 Å². The second-order valence-corrected chi connectivity index (χ2v) is 7.17. The summed E-state index contributed by atoms with van der Waals surface area (Å²) in [6, 6.07) is 15.1. The van der Waals surface area contributed by atoms with Gasteiger partial charge in [0.2, 0.25) is 11.1 Å². The SMILES string of the molecule is Cc1ccccc1-n1nnnc1SCC(=O)N[C@@H](C)c1cccc(Cl)c1. The van der Waals surface area contributed by atoms with Gasteiger partial charge in [0.15, 0.2) is 0 Å². The van der Waals surface area contributed by atoms with Gasteiger partial charge in [-0.05, 0) is 53.6 Å². The van der Waals surface area contributed by atoms with Crippen molar-refractivity contribution < 1.29 is 4.79 Å². The number of halogens is 1. The van der Waals surface area contributed by atoms with Gasteiger partial charge in [0.25, 0.3) is 0 Å². The van der Waals surface area contributed by atoms with Gasteiger partial charge in [0.05, 0.1) is 17.5 Å². The van der Waals surface area contributed by atoms with Crippen LogP contribution in [0, 0.1) is 6.92 Å². The summed E-state index contributed by atoms with van der Waals surface area (Å²) >= 11 is 7.30. The summed E-state index contributed by atoms with van der Waals surface area (Å²) in [6.45, 7) is 3.91. The van der Waals surface area contributed by atoms with E-state index in [-0.39, 0.29) is 17.7 Å². The summed E-state index contributed by atoms with van der Waals surface area (Å²) < 4.78 is 1.65. The van der Waals surface area contributed by atoms with E-state index in [1.54, 1.807) is 10.7 Å². The first-order valence-electron chi connectivity index (χ1n) is 8.06. The number of benzene rings is 2. The third-order valence-electron chi connectivity index (χ3n) is 3.84. The van der Waals surface area contributed by atoms with E-state index in [4.69, 9.17) is 11.6 Å². The molecule has 0 saturated heterocycles. The van der Waals surface area contributed by atoms with Gasteiger partial charge in [-0.2, -0.15) is 4.68 Å². The number of amides is 1. The Kier molecular flexibility index (Phi) is 5.90. The largest absolute Gasteiger partial charge is 0.349 e. The monoisotopic (exact) mass is 387 g/mol. The Balaban J connectivity index is 1.62. The van der Waals surface area contributed by atoms with Gasteiger partial charge in [-0.25, -0.2) is 0 Å². The first-order valence-corrected chi connectivity index (χ1v) is 9.43. The molecular weight excluding hydrogens is 370 g/mol. The second kappa shape index (κ2) is 8.33. The van der Waals surface area contributed by atoms with Gasteiger partial charge in [0, 0.05) is 5.02 Å². The van der Waals surface area contributed by atoms with Crippen molar-refractivity contribution in [3.8, 4) is 5.69 Å². The van der Waals surface area contributed by atoms with Crippen LogP contribution in [0.15, 0.2) is 53.7 Å². The summed E-state index contributed by atoms with van der Waals surface area (Å²) in [5.74, 6) is 0.124. The molecule has 0 radical (unpaired) electrons. The number of aromatic nitrogens is 4. The average Bonchev–Trinajstić information content (AvgIpc) is 3.08. The first kappa shape index (κ1) is 18.4. The molecule has 3 rings (SSSR count). The molecule has 0 fully saturated rings. The fraction of sp³-hybridized carbons (Fsp3) is 0.222. The lowest BCUT2D eigenvalue weighted by Crippen LogP contribution is -2.28. The number of hydrogen-bond donors (Lipinski definition) is 1. The molecule has 3 aromatic rings. The van der Waals surface area contributed by atoms with E-state index in [9.17, 15) is 4.79 Å². The molecule has 0 saturated carbocycles. The highest BCUT2D eigenvalue weighted by molar-refractivity contribution is 7.99. The zero-order valence-electron chi connectivity index (χ0n) is 14.4. The quantitative estimate of drug-likeness (QED) is 0.654. The molecule has 0 unspecified atom stereocenters. The lowest BCUT2D eigenvalue weighted by molar-refractivity contribution is -0.119. The topological polar surface area (TPSA) is 72.7 Å². The van der Waals surface area contributed by atoms with Crippen molar-refractivity contribution in [3.63, 3.8) is 0 Å². The average molecular weight is 388 g/mol. The van der Waals surface area contributed by atoms with Gasteiger partial charge < -0.3 is 5.32 Å². The maximum atomic E-state index is 12.3. The van der Waals surface area contributed by atoms with Crippen LogP contribution >= 0.6 is 23.4 Å². The summed E-state index contributed by atoms with van der Waals surface area (Å²) in [5, 5.41) is 16.0. The number of carbonyl (C=O) groups is 1. The predicted octanol–water partition coefficient (Wildman–Crippen LogP) is 3.59. The number of carbonyl (C=O) groups excluding carboxylic acids is 1. The smallest absolute Gasteiger partial charge is 0.230 e. The Morgan fingerprint density at radius 3 is 2.85 bits per heavy atom. The Labute approximate surface area is 160 Å². The third kappa shape index (κ3) is 4.42. The number of thioether (sulfide) groups is 1. The fourth-order valence-corrected chi connectivity index (χ4v) is 3.39. The van der Waals surface area contributed by atoms with Gasteiger partial charge in [-0.15, -0.1) is 5.10 Å². The molecular formula is C18H18ClN5OS. The zero-order chi connectivity index (χ0) is 18.5. The van der Waals surface area contributed by atoms with Crippen LogP contribution in [0.2, 0.25) is 5.02 Å². The summed E-state index contributed by atoms with van der Waals surface area (Å²) in [5.41, 5.74) is 2.91. The van der Waals surface area contributed by atoms with E-state index in [0.717, 1.165) is 16.8 Å². The molecule has 134 valence electrons. The van der Waals surface area contributed by atoms with Crippen molar-refractivity contribution in [3.05, 3.63) is 64.7 Å². The fourth-order valence-electron chi connectivity index (χ4n) is 2.49. The van der Waals surface area contributed by atoms with E-state index in [1.165, 1.54) is 11.8 Å². The van der Waals surface area contributed by atoms with Crippen molar-refractivity contribution >= 4 is 29.3 Å². The molecule has 6 nitrogen and oxygen atoms in total. The standard InChI is InChI=1S/C18H18ClN5OS/c1-12-6-3-4-9-16(12)24-18(21-22-23-24)26-11-17(25)20-13(2)14-7-5-8-15(19)10-14/h3-10,13H,11H2,1-2H3,(H,20,25)/t13-/m0/s1. The molecule has 8 heteroatoms. The third-order valence-corrected chi connectivity index (χ3v) is 5.00. The summed E-state index contributed by atoms with van der Waals surface area (Å²) in [6.07, 6.45) is 0. The van der Waals surface area contributed by atoms with Crippen LogP contribution in [-0.4, -0.2) is 31.9 Å². The molecule has 1 amide bonds. The molecule has 0 aliphatic carbocycles. The minimum Gasteiger partial charge on any atom is -0.349 e. The number of tetrazole rings is 1. The van der Waals surface area contributed by atoms with Crippen molar-refractivity contribution in [1.82, 2.24) is 25.5 Å². The van der Waals surface area contributed by atoms with Crippen LogP contribution in [0.4, 0.5) is 0 Å². The number of nitrogens with zero attached hydrogens (tertiary/aromatic N) is 4. The molecule has 0 spiro atoms. The Hall–Kier alpha value is -2.38. The van der Waals surface area contributed by atoms with E-state index in [2.05, 4.69) is 20.8 Å². The minimum absolute atomic E-state index is 0.0955. The Bertz CT molecular complexity index is 914. The number of rotatable bonds is 6. The first-order chi connectivity index (χ1) is 12.5. The molecule has 1 aromatic heterocycles. The van der Waals surface area contributed by atoms with Crippen molar-refractivity contribution in [2.75, 3.05) is 5.75 Å². The summed E-state index contributed by atoms with van der Waals surface area (Å²) in [7, 11) is 0. The Morgan fingerprint density at radius 2 is 2.08 bits per heavy atom. The van der Waals surface area contributed by atoms with Gasteiger partial charge in [-0.3, -0.25) is 4.79 Å². The van der Waals surface area contributed by atoms with Crippen molar-refractivity contribution in [2.24, 2.45) is 0 Å². The number of nitrogens with one attached hydrogen (secondary N) is 1. The van der Waals surface area contributed by atoms with Gasteiger partial charge in [-0.1, -0.05) is 53.7 Å². The molecule has 0 aliphatic rings. The van der Waals surface area contributed by atoms with Crippen LogP contribution in [0.5, 0.6) is 0 Å². The molecule has 1 atom stereocenters. The van der Waals surface area contributed by atoms with E-state index < -0.39 is 0 Å². The molecule has 1 heterocycles. The minimum atomic E-state index is -0.130. The van der Waals surface area contributed by atoms with E-state index in [1.807, 2.05) is 56.3 Å². The van der Waals surface area contributed by atoms with Gasteiger partial charge >= 0.3 is 0 Å². The predicted molar refractivity (Wildman–Crippen MR) is 103 cm³/mol. The molecule has 26 heavy (non-hydrogen) atoms. The zero-order valence-corrected chi connectivity index (χ0v) is 16.0. The van der Waals surface area contributed by atoms with Crippen LogP contribution < -0.4 is 5.32 Å². The highest BCUT2D eigenvalue weighted by Gasteiger charge is 2.14. The molecule has 0 aliphatic heterocycles. The molecule has 1 N–H and O–H groups in total. The van der Waals surface area contributed by atoms with Gasteiger partial charge in [0.1, 0.15) is 0 Å². The number of aryl methyl sites for hydroxylation is 1. The number of hydrogen-bond acceptors (Lipinski definition) is 5. The second-order valence-electron chi connectivity index (χ2n) is 5.79. The maximum absolute atomic E-state index is 12.3. The molecule has 0 bridgehead atoms. The number of para-hydroxylation sites is 1. The summed E-state index contributed by atoms with van der Waals surface area (Å²) in [4.78, 5) is 12.3.